The van der Waals surface area contributed by atoms with Crippen molar-refractivity contribution in [2.24, 2.45) is 0 Å². The molecule has 15 heavy (non-hydrogen) atoms. The minimum absolute atomic E-state index is 0.226. The molecule has 0 atom stereocenters. The second-order valence-electron chi connectivity index (χ2n) is 3.00. The minimum Gasteiger partial charge on any atom is -0.395 e. The normalized spacial score (nSPS) is 10.5. The molecular formula is C9H8BrN5. The summed E-state index contributed by atoms with van der Waals surface area (Å²) in [7, 11) is 0. The first-order valence-corrected chi connectivity index (χ1v) is 5.18. The van der Waals surface area contributed by atoms with Gasteiger partial charge in [-0.05, 0) is 22.9 Å². The van der Waals surface area contributed by atoms with Gasteiger partial charge < -0.3 is 10.3 Å². The van der Waals surface area contributed by atoms with Crippen molar-refractivity contribution < 1.29 is 0 Å². The van der Waals surface area contributed by atoms with Crippen molar-refractivity contribution in [3.05, 3.63) is 16.5 Å². The molecule has 0 spiro atoms. The Morgan fingerprint density at radius 3 is 3.00 bits per heavy atom. The first kappa shape index (κ1) is 9.93. The summed E-state index contributed by atoms with van der Waals surface area (Å²) in [6.45, 7) is 2.74. The van der Waals surface area contributed by atoms with Crippen molar-refractivity contribution in [1.82, 2.24) is 14.5 Å². The van der Waals surface area contributed by atoms with E-state index in [4.69, 9.17) is 11.0 Å². The molecule has 6 heteroatoms. The number of nitriles is 1. The van der Waals surface area contributed by atoms with Crippen LogP contribution in [-0.2, 0) is 6.54 Å². The zero-order valence-electron chi connectivity index (χ0n) is 8.03. The Morgan fingerprint density at radius 2 is 2.40 bits per heavy atom. The van der Waals surface area contributed by atoms with Crippen molar-refractivity contribution in [1.29, 1.82) is 5.26 Å². The third-order valence-corrected chi connectivity index (χ3v) is 2.98. The second-order valence-corrected chi connectivity index (χ2v) is 3.80. The number of halogens is 1. The molecule has 0 aliphatic rings. The number of imidazole rings is 1. The van der Waals surface area contributed by atoms with Gasteiger partial charge in [0, 0.05) is 6.54 Å². The van der Waals surface area contributed by atoms with Gasteiger partial charge in [0.25, 0.3) is 0 Å². The summed E-state index contributed by atoms with van der Waals surface area (Å²) in [6, 6.07) is 1.96. The average Bonchev–Trinajstić information content (AvgIpc) is 2.66. The zero-order valence-corrected chi connectivity index (χ0v) is 9.61. The minimum atomic E-state index is 0.226. The molecule has 0 radical (unpaired) electrons. The molecule has 0 unspecified atom stereocenters. The molecule has 2 aromatic rings. The molecule has 0 amide bonds. The highest BCUT2D eigenvalue weighted by atomic mass is 79.9. The van der Waals surface area contributed by atoms with Gasteiger partial charge in [-0.15, -0.1) is 0 Å². The lowest BCUT2D eigenvalue weighted by molar-refractivity contribution is 0.777. The van der Waals surface area contributed by atoms with Gasteiger partial charge in [0.2, 0.25) is 0 Å². The van der Waals surface area contributed by atoms with Crippen LogP contribution in [-0.4, -0.2) is 14.5 Å². The lowest BCUT2D eigenvalue weighted by Crippen LogP contribution is -1.99. The van der Waals surface area contributed by atoms with E-state index in [1.807, 2.05) is 17.6 Å². The molecule has 5 nitrogen and oxygen atoms in total. The van der Waals surface area contributed by atoms with Crippen LogP contribution in [0.4, 0.5) is 5.69 Å². The molecule has 2 N–H and O–H groups in total. The maximum absolute atomic E-state index is 8.86. The lowest BCUT2D eigenvalue weighted by atomic mass is 10.3. The van der Waals surface area contributed by atoms with Gasteiger partial charge in [-0.2, -0.15) is 5.26 Å². The van der Waals surface area contributed by atoms with Gasteiger partial charge in [0.05, 0.1) is 16.5 Å². The molecule has 0 saturated carbocycles. The number of anilines is 1. The first-order chi connectivity index (χ1) is 7.19. The Hall–Kier alpha value is -1.61. The van der Waals surface area contributed by atoms with E-state index in [0.29, 0.717) is 21.3 Å². The van der Waals surface area contributed by atoms with Crippen LogP contribution >= 0.6 is 15.9 Å². The largest absolute Gasteiger partial charge is 0.395 e. The van der Waals surface area contributed by atoms with Gasteiger partial charge >= 0.3 is 0 Å². The van der Waals surface area contributed by atoms with Crippen molar-refractivity contribution in [3.63, 3.8) is 0 Å². The summed E-state index contributed by atoms with van der Waals surface area (Å²) in [5.41, 5.74) is 7.66. The SMILES string of the molecule is CCn1cnc2c(Br)c(N)c(C#N)nc21. The maximum atomic E-state index is 8.86. The molecule has 76 valence electrons. The summed E-state index contributed by atoms with van der Waals surface area (Å²) in [5, 5.41) is 8.86. The fourth-order valence-electron chi connectivity index (χ4n) is 1.36. The van der Waals surface area contributed by atoms with E-state index in [-0.39, 0.29) is 5.69 Å². The van der Waals surface area contributed by atoms with Crippen molar-refractivity contribution in [3.8, 4) is 6.07 Å². The molecule has 0 aliphatic heterocycles. The van der Waals surface area contributed by atoms with Crippen molar-refractivity contribution >= 4 is 32.8 Å². The van der Waals surface area contributed by atoms with Gasteiger partial charge in [-0.25, -0.2) is 9.97 Å². The number of rotatable bonds is 1. The summed E-state index contributed by atoms with van der Waals surface area (Å²) in [5.74, 6) is 0. The molecule has 0 fully saturated rings. The molecule has 2 rings (SSSR count). The Bertz CT molecular complexity index is 566. The number of aryl methyl sites for hydroxylation is 1. The molecule has 0 bridgehead atoms. The Kier molecular flexibility index (Phi) is 2.32. The lowest BCUT2D eigenvalue weighted by Gasteiger charge is -2.02. The van der Waals surface area contributed by atoms with Crippen molar-refractivity contribution in [2.75, 3.05) is 5.73 Å². The predicted octanol–water partition coefficient (Wildman–Crippen LogP) is 1.67. The van der Waals surface area contributed by atoms with Crippen molar-refractivity contribution in [2.45, 2.75) is 13.5 Å². The molecule has 2 aromatic heterocycles. The summed E-state index contributed by atoms with van der Waals surface area (Å²) in [6.07, 6.45) is 1.68. The fraction of sp³-hybridized carbons (Fsp3) is 0.222. The molecule has 0 aliphatic carbocycles. The van der Waals surface area contributed by atoms with Gasteiger partial charge in [-0.3, -0.25) is 0 Å². The Labute approximate surface area is 94.7 Å². The number of nitrogen functional groups attached to an aromatic ring is 1. The number of nitrogens with two attached hydrogens (primary N) is 1. The van der Waals surface area contributed by atoms with Crippen LogP contribution in [0.15, 0.2) is 10.8 Å². The van der Waals surface area contributed by atoms with Gasteiger partial charge in [-0.1, -0.05) is 0 Å². The van der Waals surface area contributed by atoms with E-state index in [1.54, 1.807) is 6.33 Å². The third kappa shape index (κ3) is 1.36. The van der Waals surface area contributed by atoms with Crippen LogP contribution in [0.5, 0.6) is 0 Å². The number of hydrogen-bond donors (Lipinski definition) is 1. The van der Waals surface area contributed by atoms with Crippen LogP contribution < -0.4 is 5.73 Å². The predicted molar refractivity (Wildman–Crippen MR) is 60.0 cm³/mol. The smallest absolute Gasteiger partial charge is 0.167 e. The highest BCUT2D eigenvalue weighted by molar-refractivity contribution is 9.10. The first-order valence-electron chi connectivity index (χ1n) is 4.39. The number of nitrogens with zero attached hydrogens (tertiary/aromatic N) is 4. The molecular weight excluding hydrogens is 258 g/mol. The second kappa shape index (κ2) is 3.51. The van der Waals surface area contributed by atoms with E-state index >= 15 is 0 Å². The third-order valence-electron chi connectivity index (χ3n) is 2.17. The number of pyridine rings is 1. The zero-order chi connectivity index (χ0) is 11.0. The standard InChI is InChI=1S/C9H8BrN5/c1-2-15-4-13-8-6(10)7(12)5(3-11)14-9(8)15/h4H,2,12H2,1H3. The van der Waals surface area contributed by atoms with Crippen LogP contribution in [0, 0.1) is 11.3 Å². The van der Waals surface area contributed by atoms with E-state index in [0.717, 1.165) is 6.54 Å². The summed E-state index contributed by atoms with van der Waals surface area (Å²) < 4.78 is 2.50. The van der Waals surface area contributed by atoms with Crippen LogP contribution in [0.3, 0.4) is 0 Å². The maximum Gasteiger partial charge on any atom is 0.167 e. The molecule has 0 saturated heterocycles. The van der Waals surface area contributed by atoms with Crippen LogP contribution in [0.2, 0.25) is 0 Å². The monoisotopic (exact) mass is 265 g/mol. The Balaban J connectivity index is 2.89. The van der Waals surface area contributed by atoms with E-state index in [2.05, 4.69) is 25.9 Å². The van der Waals surface area contributed by atoms with E-state index in [1.165, 1.54) is 0 Å². The fourth-order valence-corrected chi connectivity index (χ4v) is 1.83. The number of fused-ring (bicyclic) bond motifs is 1. The summed E-state index contributed by atoms with van der Waals surface area (Å²) >= 11 is 3.32. The van der Waals surface area contributed by atoms with E-state index in [9.17, 15) is 0 Å². The summed E-state index contributed by atoms with van der Waals surface area (Å²) in [4.78, 5) is 8.36. The highest BCUT2D eigenvalue weighted by Crippen LogP contribution is 2.29. The average molecular weight is 266 g/mol. The Morgan fingerprint density at radius 1 is 1.67 bits per heavy atom. The van der Waals surface area contributed by atoms with Gasteiger partial charge in [0.15, 0.2) is 11.3 Å². The van der Waals surface area contributed by atoms with Crippen LogP contribution in [0.25, 0.3) is 11.2 Å². The molecule has 0 aromatic carbocycles. The van der Waals surface area contributed by atoms with E-state index < -0.39 is 0 Å². The molecule has 2 heterocycles. The van der Waals surface area contributed by atoms with Gasteiger partial charge in [0.1, 0.15) is 11.6 Å². The number of hydrogen-bond acceptors (Lipinski definition) is 4. The quantitative estimate of drug-likeness (QED) is 0.851. The number of aromatic nitrogens is 3. The topological polar surface area (TPSA) is 80.5 Å². The highest BCUT2D eigenvalue weighted by Gasteiger charge is 2.13. The van der Waals surface area contributed by atoms with Crippen LogP contribution in [0.1, 0.15) is 12.6 Å².